The van der Waals surface area contributed by atoms with Gasteiger partial charge in [-0.3, -0.25) is 81.5 Å². The molecule has 44 heteroatoms. The Labute approximate surface area is 854 Å². The summed E-state index contributed by atoms with van der Waals surface area (Å²) in [5.74, 6) is -14.6. The highest BCUT2D eigenvalue weighted by Crippen LogP contribution is 2.41. The molecule has 7 N–H and O–H groups in total. The lowest BCUT2D eigenvalue weighted by molar-refractivity contribution is -0.307. The molecule has 5 aliphatic heterocycles. The summed E-state index contributed by atoms with van der Waals surface area (Å²) < 4.78 is 102. The number of amides is 5. The summed E-state index contributed by atoms with van der Waals surface area (Å²) in [6.07, 6.45) is -18.8. The molecule has 0 unspecified atom stereocenters. The van der Waals surface area contributed by atoms with Gasteiger partial charge in [-0.15, -0.1) is 0 Å². The lowest BCUT2D eigenvalue weighted by Gasteiger charge is -2.44. The van der Waals surface area contributed by atoms with Crippen molar-refractivity contribution in [3.63, 3.8) is 0 Å². The molecule has 0 saturated carbocycles. The number of nitrogens with one attached hydrogen (secondary N) is 7. The molecule has 149 heavy (non-hydrogen) atoms. The van der Waals surface area contributed by atoms with Crippen molar-refractivity contribution in [3.8, 4) is 44.5 Å². The predicted octanol–water partition coefficient (Wildman–Crippen LogP) is 7.90. The second-order valence-electron chi connectivity index (χ2n) is 35.1. The number of carbonyl (C=O) groups is 17. The van der Waals surface area contributed by atoms with Gasteiger partial charge in [0.15, 0.2) is 73.8 Å². The topological polar surface area (TPSA) is 574 Å². The first-order chi connectivity index (χ1) is 71.3. The maximum Gasteiger partial charge on any atom is 0.303 e. The number of H-pyrrole nitrogens is 2. The highest BCUT2D eigenvalue weighted by molar-refractivity contribution is 6.02. The monoisotopic (exact) mass is 2060 g/mol. The van der Waals surface area contributed by atoms with Crippen LogP contribution in [0, 0.1) is 0 Å². The minimum absolute atomic E-state index is 0.0658. The lowest BCUT2D eigenvalue weighted by Crippen LogP contribution is -2.63. The van der Waals surface area contributed by atoms with Crippen LogP contribution in [0.3, 0.4) is 0 Å². The average molecular weight is 2070 g/mol. The Bertz CT molecular complexity index is 5990. The molecule has 8 heterocycles. The highest BCUT2D eigenvalue weighted by Gasteiger charge is 2.56. The number of nitrogens with zero attached hydrogens (tertiary/aromatic N) is 2. The van der Waals surface area contributed by atoms with Gasteiger partial charge in [0, 0.05) is 177 Å². The van der Waals surface area contributed by atoms with Gasteiger partial charge in [0.25, 0.3) is 5.91 Å². The maximum atomic E-state index is 15.2. The van der Waals surface area contributed by atoms with E-state index in [-0.39, 0.29) is 25.2 Å². The van der Waals surface area contributed by atoms with Crippen molar-refractivity contribution < 1.29 is 167 Å². The van der Waals surface area contributed by atoms with E-state index in [0.717, 1.165) is 133 Å². The van der Waals surface area contributed by atoms with Crippen LogP contribution in [0.5, 0.6) is 0 Å². The molecule has 3 fully saturated rings. The van der Waals surface area contributed by atoms with E-state index in [2.05, 4.69) is 36.6 Å². The number of aromatic amines is 2. The second kappa shape index (κ2) is 53.0. The minimum Gasteiger partial charge on any atom is -0.463 e. The smallest absolute Gasteiger partial charge is 0.303 e. The van der Waals surface area contributed by atoms with E-state index < -0.39 is 284 Å². The Morgan fingerprint density at radius 1 is 0.295 bits per heavy atom. The number of hydrogen-bond donors (Lipinski definition) is 7. The second-order valence-corrected chi connectivity index (χ2v) is 35.1. The number of hydrogen-bond acceptors (Lipinski definition) is 37. The van der Waals surface area contributed by atoms with Gasteiger partial charge in [-0.05, 0) is 102 Å². The Balaban J connectivity index is 0.860. The summed E-state index contributed by atoms with van der Waals surface area (Å²) in [6.45, 7) is 7.28. The third-order valence-corrected chi connectivity index (χ3v) is 23.6. The van der Waals surface area contributed by atoms with Crippen molar-refractivity contribution in [2.75, 3.05) is 65.8 Å². The Morgan fingerprint density at radius 3 is 0.812 bits per heavy atom. The fourth-order valence-corrected chi connectivity index (χ4v) is 17.6. The Morgan fingerprint density at radius 2 is 0.550 bits per heavy atom. The average Bonchev–Trinajstić information content (AvgIpc) is 1.47. The standard InChI is InChI=1S/C105H117N9O35/c1-56(115)135-53-81-92(138-59(4)118)95(141-62(7)121)98(144-65(10)124)102(147-81)132-49-46-106-84(127)40-43-105(44-41-85(128)107-47-50-133-103-99(145-66(11)125)96(142-63(8)122)93(139-60(5)119)82(148-103)54-136-57(2)116,45-42-86(129)108-48-51-134-104-100(146-67(12)126)97(143-64(9)123)94(140-61(6)120)83(149-104)55-137-58(3)117)114-87(130)52-109-101(131)72-30-28-71(29-31-72)91-79-38-36-77(112-79)89(69-24-18-14-19-25-69)75-34-32-73(110-75)88(68-22-16-13-17-23-68)74-33-35-76(111-74)90(70-26-20-15-21-27-70)78-37-39-80(91)113-78/h13-39,81-83,92-100,102-104,110,113H,40-55H2,1-12H3,(H,106,127)(H,107,128)(H,108,129)(H,109,131)(H,114,130)/t81-,82-,83-,92+,93+,94+,95+,96+,97+,98-,99-,100-,102-,103-,104-/m1/s1. The molecule has 44 nitrogen and oxygen atoms in total. The Hall–Kier alpha value is -15.8. The first-order valence-corrected chi connectivity index (χ1v) is 47.8. The van der Waals surface area contributed by atoms with E-state index in [4.69, 9.17) is 95.2 Å². The maximum absolute atomic E-state index is 15.2. The largest absolute Gasteiger partial charge is 0.463 e. The predicted molar refractivity (Wildman–Crippen MR) is 524 cm³/mol. The van der Waals surface area contributed by atoms with Gasteiger partial charge in [0.05, 0.1) is 49.1 Å². The van der Waals surface area contributed by atoms with Crippen molar-refractivity contribution in [1.29, 1.82) is 0 Å². The molecule has 0 spiro atoms. The summed E-state index contributed by atoms with van der Waals surface area (Å²) in [5.41, 5.74) is 10.1. The van der Waals surface area contributed by atoms with Crippen LogP contribution in [0.2, 0.25) is 0 Å². The summed E-state index contributed by atoms with van der Waals surface area (Å²) in [7, 11) is 0. The number of fused-ring (bicyclic) bond motifs is 8. The zero-order valence-electron chi connectivity index (χ0n) is 83.7. The van der Waals surface area contributed by atoms with Crippen LogP contribution in [0.4, 0.5) is 0 Å². The third kappa shape index (κ3) is 31.6. The van der Waals surface area contributed by atoms with E-state index in [1.165, 1.54) is 0 Å². The fraction of sp³-hybridized carbons (Fsp3) is 0.419. The fourth-order valence-electron chi connectivity index (χ4n) is 17.6. The number of ether oxygens (including phenoxy) is 18. The van der Waals surface area contributed by atoms with Gasteiger partial charge in [0.2, 0.25) is 23.6 Å². The summed E-state index contributed by atoms with van der Waals surface area (Å²) in [4.78, 5) is 242. The van der Waals surface area contributed by atoms with Crippen molar-refractivity contribution in [2.24, 2.45) is 0 Å². The number of benzene rings is 4. The molecule has 12 rings (SSSR count). The van der Waals surface area contributed by atoms with Crippen molar-refractivity contribution in [2.45, 2.75) is 219 Å². The van der Waals surface area contributed by atoms with Crippen LogP contribution < -0.4 is 26.6 Å². The minimum atomic E-state index is -1.85. The molecule has 4 aromatic carbocycles. The van der Waals surface area contributed by atoms with Crippen LogP contribution in [0.25, 0.3) is 90.9 Å². The van der Waals surface area contributed by atoms with E-state index in [1.54, 1.807) is 24.3 Å². The zero-order chi connectivity index (χ0) is 107. The summed E-state index contributed by atoms with van der Waals surface area (Å²) in [6, 6.07) is 44.2. The van der Waals surface area contributed by atoms with Crippen LogP contribution in [0.1, 0.15) is 155 Å². The van der Waals surface area contributed by atoms with E-state index in [1.807, 2.05) is 140 Å². The lowest BCUT2D eigenvalue weighted by atomic mass is 9.83. The molecule has 0 radical (unpaired) electrons. The molecule has 5 aliphatic rings. The van der Waals surface area contributed by atoms with E-state index in [0.29, 0.717) is 39.2 Å². The van der Waals surface area contributed by atoms with Crippen LogP contribution in [-0.2, 0) is 162 Å². The molecule has 3 aromatic heterocycles. The summed E-state index contributed by atoms with van der Waals surface area (Å²) >= 11 is 0. The zero-order valence-corrected chi connectivity index (χ0v) is 83.7. The first-order valence-electron chi connectivity index (χ1n) is 47.8. The molecule has 7 aromatic rings. The number of aromatic nitrogens is 4. The molecular formula is C105H117N9O35. The number of rotatable bonds is 44. The van der Waals surface area contributed by atoms with Gasteiger partial charge in [-0.25, -0.2) is 9.97 Å². The third-order valence-electron chi connectivity index (χ3n) is 23.6. The van der Waals surface area contributed by atoms with Crippen LogP contribution >= 0.6 is 0 Å². The van der Waals surface area contributed by atoms with Gasteiger partial charge < -0.3 is 122 Å². The molecule has 5 amide bonds. The molecule has 15 atom stereocenters. The molecule has 792 valence electrons. The normalized spacial score (nSPS) is 20.6. The van der Waals surface area contributed by atoms with Crippen molar-refractivity contribution in [3.05, 3.63) is 168 Å². The molecule has 8 bridgehead atoms. The highest BCUT2D eigenvalue weighted by atomic mass is 16.8. The van der Waals surface area contributed by atoms with Gasteiger partial charge >= 0.3 is 71.6 Å². The SMILES string of the molecule is CC(=O)OC[C@H]1O[C@@H](OCCNC(=O)CCC(CCC(=O)NCCO[C@@H]2O[C@H](COC(C)=O)[C@H](OC(C)=O)[C@H](OC(C)=O)[C@H]2OC(C)=O)(CCC(=O)NCCO[C@@H]2O[C@H](COC(C)=O)[C@H](OC(C)=O)[C@H](OC(C)=O)[C@H]2OC(C)=O)NC(=O)CNC(=O)c2ccc(-c3c4nc(c(-c5ccccc5)c5ccc([nH]5)c(-c5ccccc5)c5nc(c(-c6ccccc6)c6ccc3[nH]6)C=C5)C=C4)cc2)[C@H](OC(C)=O)[C@@H](OC(C)=O)[C@H]1OC(C)=O. The van der Waals surface area contributed by atoms with Crippen LogP contribution in [-0.4, -0.2) is 285 Å². The van der Waals surface area contributed by atoms with E-state index in [9.17, 15) is 76.7 Å². The van der Waals surface area contributed by atoms with Crippen molar-refractivity contribution in [1.82, 2.24) is 46.5 Å². The van der Waals surface area contributed by atoms with Gasteiger partial charge in [0.1, 0.15) is 38.1 Å². The van der Waals surface area contributed by atoms with Crippen LogP contribution in [0.15, 0.2) is 140 Å². The quantitative estimate of drug-likeness (QED) is 0.0108. The van der Waals surface area contributed by atoms with Gasteiger partial charge in [-0.1, -0.05) is 103 Å². The first kappa shape index (κ1) is 112. The number of carbonyl (C=O) groups excluding carboxylic acids is 17. The Kier molecular flexibility index (Phi) is 39.9. The van der Waals surface area contributed by atoms with Gasteiger partial charge in [-0.2, -0.15) is 0 Å². The van der Waals surface area contributed by atoms with E-state index >= 15 is 4.79 Å². The molecular weight excluding hydrogens is 1950 g/mol. The van der Waals surface area contributed by atoms with Crippen molar-refractivity contribution >= 4 is 148 Å². The summed E-state index contributed by atoms with van der Waals surface area (Å²) in [5, 5.41) is 13.7. The molecule has 3 saturated heterocycles. The molecule has 0 aliphatic carbocycles. The number of esters is 12.